The Labute approximate surface area is 319 Å². The van der Waals surface area contributed by atoms with E-state index in [1.807, 2.05) is 54.6 Å². The Morgan fingerprint density at radius 1 is 0.426 bits per heavy atom. The van der Waals surface area contributed by atoms with Gasteiger partial charge in [0.15, 0.2) is 0 Å². The van der Waals surface area contributed by atoms with Crippen LogP contribution < -0.4 is 10.1 Å². The Balaban J connectivity index is 0.792. The van der Waals surface area contributed by atoms with Gasteiger partial charge in [0.1, 0.15) is 19.0 Å². The van der Waals surface area contributed by atoms with E-state index in [4.69, 9.17) is 52.1 Å². The van der Waals surface area contributed by atoms with Gasteiger partial charge in [0.2, 0.25) is 0 Å². The van der Waals surface area contributed by atoms with Crippen molar-refractivity contribution < 1.29 is 56.9 Å². The lowest BCUT2D eigenvalue weighted by Gasteiger charge is -2.14. The van der Waals surface area contributed by atoms with Crippen molar-refractivity contribution in [2.45, 2.75) is 5.92 Å². The van der Waals surface area contributed by atoms with Crippen molar-refractivity contribution in [3.63, 3.8) is 0 Å². The molecule has 0 saturated carbocycles. The second-order valence-corrected chi connectivity index (χ2v) is 11.9. The molecular weight excluding hydrogens is 698 g/mol. The lowest BCUT2D eigenvalue weighted by atomic mass is 9.98. The molecule has 0 fully saturated rings. The summed E-state index contributed by atoms with van der Waals surface area (Å²) in [5.41, 5.74) is 4.77. The molecule has 0 spiro atoms. The number of hydrogen-bond donors (Lipinski definition) is 1. The number of fused-ring (bicyclic) bond motifs is 3. The van der Waals surface area contributed by atoms with Gasteiger partial charge in [-0.1, -0.05) is 66.7 Å². The molecule has 298 valence electrons. The van der Waals surface area contributed by atoms with Crippen LogP contribution in [-0.4, -0.2) is 145 Å². The SMILES string of the molecule is O=C(NCCOCCOCCOCCOCCOCCOCCOCCOCCOCCOc1ccccc1)OCC1c2ccccc2-c2ccccc21. The van der Waals surface area contributed by atoms with E-state index >= 15 is 0 Å². The number of alkyl carbamates (subject to hydrolysis) is 1. The number of hydrogen-bond acceptors (Lipinski definition) is 12. The highest BCUT2D eigenvalue weighted by Crippen LogP contribution is 2.44. The van der Waals surface area contributed by atoms with Crippen LogP contribution in [0.15, 0.2) is 78.9 Å². The van der Waals surface area contributed by atoms with Crippen molar-refractivity contribution in [2.75, 3.05) is 139 Å². The predicted octanol–water partition coefficient (Wildman–Crippen LogP) is 4.75. The van der Waals surface area contributed by atoms with Crippen LogP contribution in [0.4, 0.5) is 4.79 Å². The van der Waals surface area contributed by atoms with E-state index < -0.39 is 6.09 Å². The zero-order chi connectivity index (χ0) is 37.6. The number of carbonyl (C=O) groups excluding carboxylic acids is 1. The van der Waals surface area contributed by atoms with Crippen LogP contribution in [0.1, 0.15) is 17.0 Å². The van der Waals surface area contributed by atoms with Crippen molar-refractivity contribution >= 4 is 6.09 Å². The van der Waals surface area contributed by atoms with Crippen molar-refractivity contribution in [1.29, 1.82) is 0 Å². The number of amides is 1. The predicted molar refractivity (Wildman–Crippen MR) is 202 cm³/mol. The maximum Gasteiger partial charge on any atom is 0.407 e. The van der Waals surface area contributed by atoms with Gasteiger partial charge in [-0.3, -0.25) is 0 Å². The van der Waals surface area contributed by atoms with E-state index in [1.54, 1.807) is 0 Å². The molecule has 0 radical (unpaired) electrons. The van der Waals surface area contributed by atoms with Gasteiger partial charge < -0.3 is 57.4 Å². The Hall–Kier alpha value is -3.63. The van der Waals surface area contributed by atoms with E-state index in [0.717, 1.165) is 5.75 Å². The molecule has 0 bridgehead atoms. The van der Waals surface area contributed by atoms with Gasteiger partial charge in [-0.05, 0) is 34.4 Å². The molecule has 0 saturated heterocycles. The highest BCUT2D eigenvalue weighted by molar-refractivity contribution is 5.79. The third-order valence-electron chi connectivity index (χ3n) is 8.08. The summed E-state index contributed by atoms with van der Waals surface area (Å²) in [6.45, 7) is 9.85. The third-order valence-corrected chi connectivity index (χ3v) is 8.08. The molecule has 4 rings (SSSR count). The quantitative estimate of drug-likeness (QED) is 0.0862. The van der Waals surface area contributed by atoms with Gasteiger partial charge in [-0.15, -0.1) is 0 Å². The summed E-state index contributed by atoms with van der Waals surface area (Å²) in [5.74, 6) is 0.877. The molecule has 1 N–H and O–H groups in total. The number of carbonyl (C=O) groups is 1. The van der Waals surface area contributed by atoms with Crippen molar-refractivity contribution in [2.24, 2.45) is 0 Å². The highest BCUT2D eigenvalue weighted by Gasteiger charge is 2.28. The summed E-state index contributed by atoms with van der Waals surface area (Å²) >= 11 is 0. The van der Waals surface area contributed by atoms with Crippen molar-refractivity contribution in [3.8, 4) is 16.9 Å². The fourth-order valence-corrected chi connectivity index (χ4v) is 5.47. The normalized spacial score (nSPS) is 12.1. The van der Waals surface area contributed by atoms with Gasteiger partial charge in [0, 0.05) is 12.5 Å². The summed E-state index contributed by atoms with van der Waals surface area (Å²) in [4.78, 5) is 12.2. The van der Waals surface area contributed by atoms with E-state index in [2.05, 4.69) is 29.6 Å². The molecular formula is C41H57NO12. The zero-order valence-electron chi connectivity index (χ0n) is 31.3. The first kappa shape index (κ1) is 43.1. The van der Waals surface area contributed by atoms with Gasteiger partial charge in [-0.25, -0.2) is 4.79 Å². The molecule has 0 atom stereocenters. The second kappa shape index (κ2) is 28.8. The van der Waals surface area contributed by atoms with Crippen LogP contribution in [0.3, 0.4) is 0 Å². The molecule has 13 heteroatoms. The van der Waals surface area contributed by atoms with E-state index in [-0.39, 0.29) is 12.5 Å². The van der Waals surface area contributed by atoms with Crippen LogP contribution in [0.5, 0.6) is 5.75 Å². The summed E-state index contributed by atoms with van der Waals surface area (Å²) < 4.78 is 60.6. The van der Waals surface area contributed by atoms with Crippen LogP contribution in [0, 0.1) is 0 Å². The Morgan fingerprint density at radius 3 is 1.20 bits per heavy atom. The molecule has 0 aliphatic heterocycles. The summed E-state index contributed by atoms with van der Waals surface area (Å²) in [6.07, 6.45) is -0.452. The summed E-state index contributed by atoms with van der Waals surface area (Å²) in [6, 6.07) is 26.2. The number of ether oxygens (including phenoxy) is 11. The molecule has 1 amide bonds. The maximum atomic E-state index is 12.2. The average Bonchev–Trinajstić information content (AvgIpc) is 3.53. The molecule has 0 heterocycles. The standard InChI is InChI=1S/C41H57NO12/c43-41(54-34-40-38-12-6-4-10-36(38)37-11-5-7-13-39(37)40)42-14-15-44-16-17-45-18-19-46-20-21-47-22-23-48-24-25-49-26-27-50-28-29-51-30-31-52-32-33-53-35-8-2-1-3-9-35/h1-13,40H,14-34H2,(H,42,43). The largest absolute Gasteiger partial charge is 0.491 e. The average molecular weight is 756 g/mol. The number of nitrogens with one attached hydrogen (secondary N) is 1. The fraction of sp³-hybridized carbons (Fsp3) is 0.537. The van der Waals surface area contributed by atoms with Gasteiger partial charge >= 0.3 is 6.09 Å². The number of para-hydroxylation sites is 1. The lowest BCUT2D eigenvalue weighted by molar-refractivity contribution is -0.0253. The lowest BCUT2D eigenvalue weighted by Crippen LogP contribution is -2.29. The Morgan fingerprint density at radius 2 is 0.778 bits per heavy atom. The molecule has 0 aromatic heterocycles. The maximum absolute atomic E-state index is 12.2. The first-order chi connectivity index (χ1) is 26.8. The molecule has 3 aromatic carbocycles. The van der Waals surface area contributed by atoms with E-state index in [9.17, 15) is 4.79 Å². The number of rotatable bonds is 33. The topological polar surface area (TPSA) is 131 Å². The first-order valence-corrected chi connectivity index (χ1v) is 18.8. The summed E-state index contributed by atoms with van der Waals surface area (Å²) in [5, 5.41) is 2.74. The second-order valence-electron chi connectivity index (χ2n) is 11.9. The molecule has 1 aliphatic rings. The van der Waals surface area contributed by atoms with Crippen LogP contribution in [0.2, 0.25) is 0 Å². The van der Waals surface area contributed by atoms with Gasteiger partial charge in [0.25, 0.3) is 0 Å². The Kier molecular flexibility index (Phi) is 23.0. The van der Waals surface area contributed by atoms with Crippen LogP contribution in [-0.2, 0) is 47.4 Å². The molecule has 13 nitrogen and oxygen atoms in total. The first-order valence-electron chi connectivity index (χ1n) is 18.8. The van der Waals surface area contributed by atoms with Crippen molar-refractivity contribution in [1.82, 2.24) is 5.32 Å². The minimum absolute atomic E-state index is 0.0371. The zero-order valence-corrected chi connectivity index (χ0v) is 31.3. The molecule has 0 unspecified atom stereocenters. The monoisotopic (exact) mass is 755 g/mol. The van der Waals surface area contributed by atoms with Crippen LogP contribution in [0.25, 0.3) is 11.1 Å². The number of benzene rings is 3. The smallest absolute Gasteiger partial charge is 0.407 e. The minimum atomic E-state index is -0.452. The Bertz CT molecular complexity index is 1340. The fourth-order valence-electron chi connectivity index (χ4n) is 5.47. The summed E-state index contributed by atoms with van der Waals surface area (Å²) in [7, 11) is 0. The highest BCUT2D eigenvalue weighted by atomic mass is 16.6. The van der Waals surface area contributed by atoms with E-state index in [0.29, 0.717) is 132 Å². The molecule has 1 aliphatic carbocycles. The molecule has 54 heavy (non-hydrogen) atoms. The minimum Gasteiger partial charge on any atom is -0.491 e. The van der Waals surface area contributed by atoms with Gasteiger partial charge in [-0.2, -0.15) is 0 Å². The van der Waals surface area contributed by atoms with Crippen LogP contribution >= 0.6 is 0 Å². The molecule has 3 aromatic rings. The van der Waals surface area contributed by atoms with E-state index in [1.165, 1.54) is 22.3 Å². The van der Waals surface area contributed by atoms with Gasteiger partial charge in [0.05, 0.1) is 119 Å². The third kappa shape index (κ3) is 18.1. The van der Waals surface area contributed by atoms with Crippen molar-refractivity contribution in [3.05, 3.63) is 90.0 Å².